The van der Waals surface area contributed by atoms with Gasteiger partial charge in [-0.25, -0.2) is 4.98 Å². The molecular formula is C14H10N6OS. The molecule has 0 saturated carbocycles. The molecular weight excluding hydrogens is 300 g/mol. The Balaban J connectivity index is 2.52. The zero-order valence-corrected chi connectivity index (χ0v) is 12.0. The summed E-state index contributed by atoms with van der Waals surface area (Å²) in [7, 11) is 0. The second-order valence-electron chi connectivity index (χ2n) is 4.49. The molecule has 0 bridgehead atoms. The van der Waals surface area contributed by atoms with Crippen molar-refractivity contribution in [1.82, 2.24) is 9.97 Å². The normalized spacial score (nSPS) is 10.5. The van der Waals surface area contributed by atoms with E-state index < -0.39 is 5.91 Å². The van der Waals surface area contributed by atoms with Gasteiger partial charge in [-0.1, -0.05) is 6.07 Å². The molecule has 3 aromatic heterocycles. The summed E-state index contributed by atoms with van der Waals surface area (Å²) in [4.78, 5) is 20.4. The van der Waals surface area contributed by atoms with Gasteiger partial charge >= 0.3 is 0 Å². The number of carbonyl (C=O) groups excluding carboxylic acids is 1. The molecule has 3 rings (SSSR count). The summed E-state index contributed by atoms with van der Waals surface area (Å²) in [5, 5.41) is 9.91. The maximum Gasteiger partial charge on any atom is 0.260 e. The number of thiophene rings is 1. The van der Waals surface area contributed by atoms with Crippen molar-refractivity contribution in [2.75, 3.05) is 11.5 Å². The third kappa shape index (κ3) is 1.92. The third-order valence-corrected chi connectivity index (χ3v) is 4.30. The minimum atomic E-state index is -0.644. The van der Waals surface area contributed by atoms with Crippen LogP contribution in [-0.2, 0) is 0 Å². The number of carbonyl (C=O) groups is 1. The van der Waals surface area contributed by atoms with Crippen molar-refractivity contribution < 1.29 is 4.79 Å². The molecule has 0 aliphatic rings. The summed E-state index contributed by atoms with van der Waals surface area (Å²) in [6, 6.07) is 5.55. The first-order valence-electron chi connectivity index (χ1n) is 6.16. The number of rotatable bonds is 2. The van der Waals surface area contributed by atoms with Gasteiger partial charge in [0, 0.05) is 28.9 Å². The van der Waals surface area contributed by atoms with Crippen molar-refractivity contribution in [3.8, 4) is 17.2 Å². The fourth-order valence-corrected chi connectivity index (χ4v) is 3.23. The van der Waals surface area contributed by atoms with Gasteiger partial charge in [0.15, 0.2) is 0 Å². The molecule has 3 aromatic rings. The molecule has 8 heteroatoms. The molecule has 3 heterocycles. The van der Waals surface area contributed by atoms with Crippen LogP contribution in [0.3, 0.4) is 0 Å². The number of nitrogen functional groups attached to an aromatic ring is 2. The van der Waals surface area contributed by atoms with Crippen LogP contribution in [-0.4, -0.2) is 15.9 Å². The molecule has 0 spiro atoms. The van der Waals surface area contributed by atoms with Crippen LogP contribution in [0.2, 0.25) is 0 Å². The predicted molar refractivity (Wildman–Crippen MR) is 84.9 cm³/mol. The summed E-state index contributed by atoms with van der Waals surface area (Å²) in [6.45, 7) is 0. The fourth-order valence-electron chi connectivity index (χ4n) is 2.27. The van der Waals surface area contributed by atoms with Crippen LogP contribution < -0.4 is 17.2 Å². The average molecular weight is 310 g/mol. The number of pyridine rings is 2. The second kappa shape index (κ2) is 4.98. The second-order valence-corrected chi connectivity index (χ2v) is 5.49. The summed E-state index contributed by atoms with van der Waals surface area (Å²) >= 11 is 1.05. The maximum atomic E-state index is 11.5. The predicted octanol–water partition coefficient (Wildman–Crippen LogP) is 1.49. The lowest BCUT2D eigenvalue weighted by molar-refractivity contribution is 0.100. The molecule has 22 heavy (non-hydrogen) atoms. The van der Waals surface area contributed by atoms with Crippen LogP contribution in [0.4, 0.5) is 11.5 Å². The van der Waals surface area contributed by atoms with Gasteiger partial charge in [-0.15, -0.1) is 11.3 Å². The molecule has 7 nitrogen and oxygen atoms in total. The van der Waals surface area contributed by atoms with Gasteiger partial charge in [0.25, 0.3) is 5.91 Å². The lowest BCUT2D eigenvalue weighted by Crippen LogP contribution is -2.10. The van der Waals surface area contributed by atoms with E-state index in [1.54, 1.807) is 24.5 Å². The van der Waals surface area contributed by atoms with Crippen molar-refractivity contribution in [2.24, 2.45) is 5.73 Å². The monoisotopic (exact) mass is 310 g/mol. The zero-order valence-electron chi connectivity index (χ0n) is 11.2. The number of nitriles is 1. The lowest BCUT2D eigenvalue weighted by Gasteiger charge is -2.08. The molecule has 108 valence electrons. The molecule has 0 aliphatic carbocycles. The molecule has 0 aromatic carbocycles. The van der Waals surface area contributed by atoms with Crippen molar-refractivity contribution in [3.63, 3.8) is 0 Å². The molecule has 0 unspecified atom stereocenters. The Labute approximate surface area is 129 Å². The molecule has 0 saturated heterocycles. The molecule has 0 atom stereocenters. The van der Waals surface area contributed by atoms with Crippen LogP contribution in [0.25, 0.3) is 21.3 Å². The van der Waals surface area contributed by atoms with E-state index in [2.05, 4.69) is 9.97 Å². The number of amides is 1. The summed E-state index contributed by atoms with van der Waals surface area (Å²) < 4.78 is 0. The zero-order chi connectivity index (χ0) is 15.9. The van der Waals surface area contributed by atoms with Crippen LogP contribution in [0.5, 0.6) is 0 Å². The first kappa shape index (κ1) is 13.8. The Morgan fingerprint density at radius 2 is 2.14 bits per heavy atom. The van der Waals surface area contributed by atoms with Gasteiger partial charge in [-0.05, 0) is 6.07 Å². The van der Waals surface area contributed by atoms with E-state index >= 15 is 0 Å². The van der Waals surface area contributed by atoms with Crippen molar-refractivity contribution in [2.45, 2.75) is 0 Å². The van der Waals surface area contributed by atoms with E-state index in [0.29, 0.717) is 21.3 Å². The van der Waals surface area contributed by atoms with Gasteiger partial charge < -0.3 is 17.2 Å². The van der Waals surface area contributed by atoms with Gasteiger partial charge in [0.1, 0.15) is 27.2 Å². The lowest BCUT2D eigenvalue weighted by atomic mass is 9.98. The Bertz CT molecular complexity index is 942. The van der Waals surface area contributed by atoms with Gasteiger partial charge in [-0.3, -0.25) is 9.78 Å². The summed E-state index contributed by atoms with van der Waals surface area (Å²) in [5.74, 6) is -0.569. The standard InChI is InChI=1S/C14H10N6OS/c15-4-7-8(6-2-1-3-19-5-6)9-10(16)11(13(18)21)22-14(9)20-12(7)17/h1-3,5H,16H2,(H2,17,20)(H2,18,21). The van der Waals surface area contributed by atoms with Gasteiger partial charge in [0.05, 0.1) is 5.69 Å². The smallest absolute Gasteiger partial charge is 0.260 e. The number of nitrogens with zero attached hydrogens (tertiary/aromatic N) is 3. The average Bonchev–Trinajstić information content (AvgIpc) is 2.83. The highest BCUT2D eigenvalue weighted by Crippen LogP contribution is 2.42. The van der Waals surface area contributed by atoms with Gasteiger partial charge in [0.2, 0.25) is 0 Å². The summed E-state index contributed by atoms with van der Waals surface area (Å²) in [5.41, 5.74) is 18.8. The SMILES string of the molecule is N#Cc1c(N)nc2sc(C(N)=O)c(N)c2c1-c1cccnc1. The third-order valence-electron chi connectivity index (χ3n) is 3.19. The highest BCUT2D eigenvalue weighted by Gasteiger charge is 2.23. The van der Waals surface area contributed by atoms with E-state index in [0.717, 1.165) is 11.3 Å². The quantitative estimate of drug-likeness (QED) is 0.654. The highest BCUT2D eigenvalue weighted by molar-refractivity contribution is 7.21. The van der Waals surface area contributed by atoms with Crippen molar-refractivity contribution in [1.29, 1.82) is 5.26 Å². The Morgan fingerprint density at radius 1 is 1.36 bits per heavy atom. The molecule has 6 N–H and O–H groups in total. The Kier molecular flexibility index (Phi) is 3.12. The van der Waals surface area contributed by atoms with Crippen molar-refractivity contribution in [3.05, 3.63) is 35.0 Å². The van der Waals surface area contributed by atoms with E-state index in [1.165, 1.54) is 0 Å². The maximum absolute atomic E-state index is 11.5. The first-order valence-corrected chi connectivity index (χ1v) is 6.98. The van der Waals surface area contributed by atoms with Gasteiger partial charge in [-0.2, -0.15) is 5.26 Å². The number of aromatic nitrogens is 2. The van der Waals surface area contributed by atoms with E-state index in [1.807, 2.05) is 6.07 Å². The number of anilines is 2. The van der Waals surface area contributed by atoms with Crippen LogP contribution in [0, 0.1) is 11.3 Å². The number of primary amides is 1. The molecule has 1 amide bonds. The highest BCUT2D eigenvalue weighted by atomic mass is 32.1. The minimum Gasteiger partial charge on any atom is -0.397 e. The number of fused-ring (bicyclic) bond motifs is 1. The Morgan fingerprint density at radius 3 is 2.73 bits per heavy atom. The minimum absolute atomic E-state index is 0.0751. The molecule has 0 radical (unpaired) electrons. The number of nitrogens with two attached hydrogens (primary N) is 3. The van der Waals surface area contributed by atoms with E-state index in [9.17, 15) is 10.1 Å². The molecule has 0 aliphatic heterocycles. The van der Waals surface area contributed by atoms with Crippen molar-refractivity contribution >= 4 is 39.0 Å². The van der Waals surface area contributed by atoms with E-state index in [4.69, 9.17) is 17.2 Å². The van der Waals surface area contributed by atoms with Crippen LogP contribution in [0.1, 0.15) is 15.2 Å². The summed E-state index contributed by atoms with van der Waals surface area (Å²) in [6.07, 6.45) is 3.21. The topological polar surface area (TPSA) is 145 Å². The Hall–Kier alpha value is -3.18. The fraction of sp³-hybridized carbons (Fsp3) is 0. The van der Waals surface area contributed by atoms with Crippen LogP contribution >= 0.6 is 11.3 Å². The van der Waals surface area contributed by atoms with Crippen LogP contribution in [0.15, 0.2) is 24.5 Å². The van der Waals surface area contributed by atoms with E-state index in [-0.39, 0.29) is 21.9 Å². The molecule has 0 fully saturated rings. The first-order chi connectivity index (χ1) is 10.5. The largest absolute Gasteiger partial charge is 0.397 e. The number of hydrogen-bond acceptors (Lipinski definition) is 7. The number of hydrogen-bond donors (Lipinski definition) is 3.